The molecule has 0 saturated heterocycles. The van der Waals surface area contributed by atoms with E-state index in [9.17, 15) is 16.8 Å². The summed E-state index contributed by atoms with van der Waals surface area (Å²) < 4.78 is 51.3. The SMILES string of the molecule is C.CCO.NCCCCc1ccc2n[nH]c(S(=O)(=O)c3ccccc3)c2c1.[N-]=[N+]=NCCCCc1ccc2n[nH]c(S(=O)(=O)c3ccccc3)c2c1. The Kier molecular flexibility index (Phi) is 16.0. The number of aromatic amines is 2. The van der Waals surface area contributed by atoms with Gasteiger partial charge in [0.15, 0.2) is 10.1 Å². The fourth-order valence-corrected chi connectivity index (χ4v) is 7.99. The van der Waals surface area contributed by atoms with Crippen LogP contribution in [0.1, 0.15) is 51.2 Å². The molecule has 2 heterocycles. The fourth-order valence-electron chi connectivity index (χ4n) is 5.25. The Balaban J connectivity index is 0.000000257. The average molecular weight is 747 g/mol. The van der Waals surface area contributed by atoms with Crippen LogP contribution >= 0.6 is 0 Å². The van der Waals surface area contributed by atoms with Gasteiger partial charge in [0, 0.05) is 28.8 Å². The Morgan fingerprint density at radius 1 is 0.712 bits per heavy atom. The molecule has 0 spiro atoms. The van der Waals surface area contributed by atoms with E-state index in [1.165, 1.54) is 0 Å². The number of hydrogen-bond acceptors (Lipinski definition) is 9. The Hall–Kier alpha value is -5.05. The number of azide groups is 1. The molecule has 0 bridgehead atoms. The summed E-state index contributed by atoms with van der Waals surface area (Å²) in [6.45, 7) is 3.07. The quantitative estimate of drug-likeness (QED) is 0.0404. The van der Waals surface area contributed by atoms with Gasteiger partial charge < -0.3 is 10.8 Å². The number of sulfone groups is 2. The molecule has 0 saturated carbocycles. The molecule has 0 radical (unpaired) electrons. The highest BCUT2D eigenvalue weighted by Gasteiger charge is 2.24. The number of nitrogens with one attached hydrogen (secondary N) is 2. The summed E-state index contributed by atoms with van der Waals surface area (Å²) in [6.07, 6.45) is 5.26. The summed E-state index contributed by atoms with van der Waals surface area (Å²) in [4.78, 5) is 3.23. The molecule has 15 heteroatoms. The summed E-state index contributed by atoms with van der Waals surface area (Å²) >= 11 is 0. The van der Waals surface area contributed by atoms with E-state index in [2.05, 4.69) is 30.4 Å². The molecule has 0 aliphatic heterocycles. The number of rotatable bonds is 13. The lowest BCUT2D eigenvalue weighted by atomic mass is 10.1. The molecule has 2 aromatic heterocycles. The number of unbranched alkanes of at least 4 members (excludes halogenated alkanes) is 2. The topological polar surface area (TPSA) is 221 Å². The lowest BCUT2D eigenvalue weighted by Gasteiger charge is -2.04. The first-order valence-corrected chi connectivity index (χ1v) is 19.5. The molecule has 6 aromatic rings. The number of H-pyrrole nitrogens is 2. The molecule has 52 heavy (non-hydrogen) atoms. The van der Waals surface area contributed by atoms with Crippen LogP contribution in [0.25, 0.3) is 32.2 Å². The fraction of sp³-hybridized carbons (Fsp3) is 0.297. The molecule has 5 N–H and O–H groups in total. The van der Waals surface area contributed by atoms with Gasteiger partial charge in [-0.3, -0.25) is 10.2 Å². The molecule has 0 fully saturated rings. The summed E-state index contributed by atoms with van der Waals surface area (Å²) in [7, 11) is -7.25. The van der Waals surface area contributed by atoms with E-state index in [-0.39, 0.29) is 33.9 Å². The predicted octanol–water partition coefficient (Wildman–Crippen LogP) is 7.34. The third kappa shape index (κ3) is 10.5. The highest BCUT2D eigenvalue weighted by Crippen LogP contribution is 2.28. The van der Waals surface area contributed by atoms with Crippen LogP contribution < -0.4 is 5.73 Å². The number of aryl methyl sites for hydroxylation is 2. The molecule has 0 atom stereocenters. The van der Waals surface area contributed by atoms with Gasteiger partial charge in [0.05, 0.1) is 20.8 Å². The van der Waals surface area contributed by atoms with Crippen LogP contribution in [0.2, 0.25) is 0 Å². The maximum atomic E-state index is 12.8. The van der Waals surface area contributed by atoms with Crippen LogP contribution in [0.15, 0.2) is 122 Å². The van der Waals surface area contributed by atoms with E-state index < -0.39 is 19.7 Å². The molecular weight excluding hydrogens is 701 g/mol. The van der Waals surface area contributed by atoms with Crippen LogP contribution in [0.3, 0.4) is 0 Å². The highest BCUT2D eigenvalue weighted by atomic mass is 32.2. The van der Waals surface area contributed by atoms with Gasteiger partial charge in [0.1, 0.15) is 0 Å². The largest absolute Gasteiger partial charge is 0.397 e. The van der Waals surface area contributed by atoms with Gasteiger partial charge in [0.2, 0.25) is 19.7 Å². The highest BCUT2D eigenvalue weighted by molar-refractivity contribution is 7.92. The van der Waals surface area contributed by atoms with Crippen molar-refractivity contribution < 1.29 is 21.9 Å². The Labute approximate surface area is 304 Å². The van der Waals surface area contributed by atoms with Crippen molar-refractivity contribution in [2.75, 3.05) is 19.7 Å². The van der Waals surface area contributed by atoms with Crippen molar-refractivity contribution in [2.45, 2.75) is 72.7 Å². The Bertz CT molecular complexity index is 2270. The molecule has 6 rings (SSSR count). The van der Waals surface area contributed by atoms with Crippen LogP contribution in [0, 0.1) is 0 Å². The number of aliphatic hydroxyl groups is 1. The van der Waals surface area contributed by atoms with E-state index in [1.807, 2.05) is 36.4 Å². The van der Waals surface area contributed by atoms with Gasteiger partial charge in [0.25, 0.3) is 0 Å². The number of nitrogens with two attached hydrogens (primary N) is 1. The zero-order valence-electron chi connectivity index (χ0n) is 28.3. The molecule has 0 amide bonds. The second-order valence-electron chi connectivity index (χ2n) is 11.4. The summed E-state index contributed by atoms with van der Waals surface area (Å²) in [5.74, 6) is 0. The van der Waals surface area contributed by atoms with Gasteiger partial charge in [-0.15, -0.1) is 0 Å². The lowest BCUT2D eigenvalue weighted by Crippen LogP contribution is -2.03. The minimum atomic E-state index is -3.64. The summed E-state index contributed by atoms with van der Waals surface area (Å²) in [5.41, 5.74) is 17.2. The maximum absolute atomic E-state index is 12.8. The van der Waals surface area contributed by atoms with Gasteiger partial charge >= 0.3 is 0 Å². The van der Waals surface area contributed by atoms with Crippen LogP contribution in [-0.4, -0.2) is 62.0 Å². The van der Waals surface area contributed by atoms with Crippen LogP contribution in [0.5, 0.6) is 0 Å². The normalized spacial score (nSPS) is 11.1. The van der Waals surface area contributed by atoms with Crippen LogP contribution in [-0.2, 0) is 32.5 Å². The molecule has 0 aliphatic carbocycles. The Morgan fingerprint density at radius 2 is 1.13 bits per heavy atom. The smallest absolute Gasteiger partial charge is 0.223 e. The number of fused-ring (bicyclic) bond motifs is 2. The number of aromatic nitrogens is 4. The maximum Gasteiger partial charge on any atom is 0.223 e. The molecule has 276 valence electrons. The Morgan fingerprint density at radius 3 is 1.54 bits per heavy atom. The zero-order valence-corrected chi connectivity index (χ0v) is 29.9. The zero-order chi connectivity index (χ0) is 36.7. The van der Waals surface area contributed by atoms with Crippen molar-refractivity contribution in [1.29, 1.82) is 0 Å². The van der Waals surface area contributed by atoms with Gasteiger partial charge in [-0.25, -0.2) is 16.8 Å². The average Bonchev–Trinajstić information content (AvgIpc) is 3.78. The number of hydrogen-bond donors (Lipinski definition) is 4. The molecule has 0 unspecified atom stereocenters. The third-order valence-corrected chi connectivity index (χ3v) is 11.3. The summed E-state index contributed by atoms with van der Waals surface area (Å²) in [6, 6.07) is 28.1. The number of benzene rings is 4. The first-order valence-electron chi connectivity index (χ1n) is 16.5. The number of nitrogens with zero attached hydrogens (tertiary/aromatic N) is 5. The second kappa shape index (κ2) is 20.1. The molecule has 4 aromatic carbocycles. The van der Waals surface area contributed by atoms with Crippen molar-refractivity contribution in [3.63, 3.8) is 0 Å². The molecule has 13 nitrogen and oxygen atoms in total. The van der Waals surface area contributed by atoms with Gasteiger partial charge in [-0.05, 0) is 117 Å². The van der Waals surface area contributed by atoms with Crippen molar-refractivity contribution >= 4 is 41.5 Å². The predicted molar refractivity (Wildman–Crippen MR) is 204 cm³/mol. The minimum absolute atomic E-state index is 0. The third-order valence-electron chi connectivity index (χ3n) is 7.77. The second-order valence-corrected chi connectivity index (χ2v) is 15.2. The van der Waals surface area contributed by atoms with E-state index in [4.69, 9.17) is 16.4 Å². The van der Waals surface area contributed by atoms with Crippen molar-refractivity contribution in [2.24, 2.45) is 10.8 Å². The van der Waals surface area contributed by atoms with E-state index in [1.54, 1.807) is 67.6 Å². The van der Waals surface area contributed by atoms with E-state index >= 15 is 0 Å². The first kappa shape index (κ1) is 41.4. The molecule has 0 aliphatic rings. The minimum Gasteiger partial charge on any atom is -0.397 e. The van der Waals surface area contributed by atoms with Crippen molar-refractivity contribution in [3.05, 3.63) is 119 Å². The summed E-state index contributed by atoms with van der Waals surface area (Å²) in [5, 5.41) is 26.2. The van der Waals surface area contributed by atoms with E-state index in [0.29, 0.717) is 34.9 Å². The van der Waals surface area contributed by atoms with Gasteiger partial charge in [-0.1, -0.05) is 61.1 Å². The van der Waals surface area contributed by atoms with Crippen molar-refractivity contribution in [1.82, 2.24) is 20.4 Å². The van der Waals surface area contributed by atoms with Crippen LogP contribution in [0.4, 0.5) is 0 Å². The lowest BCUT2D eigenvalue weighted by molar-refractivity contribution is 0.318. The standard InChI is InChI=1S/C17H17N5O2S.C17H19N3O2S.C2H6O.CH4/c18-22-19-11-5-4-6-13-9-10-16-15(12-13)17(21-20-16)25(23,24)14-7-2-1-3-8-14;18-11-5-4-6-13-9-10-16-15(12-13)17(20-19-16)23(21,22)14-7-2-1-3-8-14;1-2-3;/h1-3,7-10,12H,4-6,11H2,(H,20,21);1-3,7-10,12H,4-6,11,18H2,(H,19,20);3H,2H2,1H3;1H4. The molecular formula is C37H46N8O5S2. The van der Waals surface area contributed by atoms with Gasteiger partial charge in [-0.2, -0.15) is 10.2 Å². The van der Waals surface area contributed by atoms with Crippen molar-refractivity contribution in [3.8, 4) is 0 Å². The monoisotopic (exact) mass is 746 g/mol. The number of aliphatic hydroxyl groups excluding tert-OH is 1. The van der Waals surface area contributed by atoms with E-state index in [0.717, 1.165) is 49.7 Å². The first-order chi connectivity index (χ1) is 24.7.